The molecule has 1 fully saturated rings. The maximum Gasteiger partial charge on any atom is 0.306 e. The van der Waals surface area contributed by atoms with E-state index in [1.165, 1.54) is 0 Å². The average molecular weight is 290 g/mol. The normalized spacial score (nSPS) is 21.1. The quantitative estimate of drug-likeness (QED) is 0.697. The number of nitrogens with one attached hydrogen (secondary N) is 1. The third kappa shape index (κ3) is 4.48. The van der Waals surface area contributed by atoms with E-state index < -0.39 is 5.97 Å². The van der Waals surface area contributed by atoms with Gasteiger partial charge in [0.15, 0.2) is 0 Å². The molecule has 4 N–H and O–H groups in total. The van der Waals surface area contributed by atoms with Crippen LogP contribution in [0.2, 0.25) is 0 Å². The van der Waals surface area contributed by atoms with Gasteiger partial charge in [-0.1, -0.05) is 18.6 Å². The van der Waals surface area contributed by atoms with Crippen LogP contribution in [-0.4, -0.2) is 23.5 Å². The van der Waals surface area contributed by atoms with Crippen molar-refractivity contribution in [1.29, 1.82) is 0 Å². The van der Waals surface area contributed by atoms with Gasteiger partial charge in [0.2, 0.25) is 5.91 Å². The molecule has 0 saturated heterocycles. The summed E-state index contributed by atoms with van der Waals surface area (Å²) >= 11 is 0. The van der Waals surface area contributed by atoms with Crippen LogP contribution in [0.25, 0.3) is 0 Å². The van der Waals surface area contributed by atoms with Gasteiger partial charge in [0.05, 0.1) is 5.92 Å². The first-order valence-corrected chi connectivity index (χ1v) is 7.40. The number of rotatable bonds is 6. The summed E-state index contributed by atoms with van der Waals surface area (Å²) in [6, 6.07) is 7.50. The van der Waals surface area contributed by atoms with Gasteiger partial charge >= 0.3 is 5.97 Å². The number of aliphatic carboxylic acids is 1. The van der Waals surface area contributed by atoms with Gasteiger partial charge in [0.25, 0.3) is 0 Å². The number of nitrogen functional groups attached to an aromatic ring is 1. The average Bonchev–Trinajstić information content (AvgIpc) is 2.91. The van der Waals surface area contributed by atoms with Crippen molar-refractivity contribution in [2.75, 3.05) is 12.3 Å². The van der Waals surface area contributed by atoms with Crippen molar-refractivity contribution < 1.29 is 14.7 Å². The Morgan fingerprint density at radius 1 is 1.33 bits per heavy atom. The number of carboxylic acids is 1. The van der Waals surface area contributed by atoms with Gasteiger partial charge < -0.3 is 16.2 Å². The number of carbonyl (C=O) groups excluding carboxylic acids is 1. The summed E-state index contributed by atoms with van der Waals surface area (Å²) in [6.45, 7) is 0.465. The second-order valence-corrected chi connectivity index (χ2v) is 5.68. The van der Waals surface area contributed by atoms with E-state index in [4.69, 9.17) is 10.8 Å². The first-order valence-electron chi connectivity index (χ1n) is 7.40. The standard InChI is InChI=1S/C16H22N2O3/c17-13-5-1-3-11(9-13)7-8-15(19)18-10-12-4-2-6-14(12)16(20)21/h1,3,5,9,12,14H,2,4,6-8,10,17H2,(H,18,19)(H,20,21). The Labute approximate surface area is 124 Å². The number of hydrogen-bond acceptors (Lipinski definition) is 3. The summed E-state index contributed by atoms with van der Waals surface area (Å²) in [6.07, 6.45) is 3.57. The molecule has 1 aliphatic carbocycles. The van der Waals surface area contributed by atoms with Crippen molar-refractivity contribution in [1.82, 2.24) is 5.32 Å². The van der Waals surface area contributed by atoms with Gasteiger partial charge in [-0.25, -0.2) is 0 Å². The Morgan fingerprint density at radius 3 is 2.86 bits per heavy atom. The van der Waals surface area contributed by atoms with Crippen LogP contribution >= 0.6 is 0 Å². The van der Waals surface area contributed by atoms with Crippen molar-refractivity contribution in [3.05, 3.63) is 29.8 Å². The van der Waals surface area contributed by atoms with Crippen LogP contribution in [0.4, 0.5) is 5.69 Å². The van der Waals surface area contributed by atoms with Gasteiger partial charge in [0.1, 0.15) is 0 Å². The van der Waals surface area contributed by atoms with E-state index in [-0.39, 0.29) is 17.7 Å². The fourth-order valence-electron chi connectivity index (χ4n) is 2.95. The molecule has 1 aromatic carbocycles. The van der Waals surface area contributed by atoms with Crippen LogP contribution in [0.15, 0.2) is 24.3 Å². The molecular formula is C16H22N2O3. The molecule has 5 nitrogen and oxygen atoms in total. The first kappa shape index (κ1) is 15.4. The largest absolute Gasteiger partial charge is 0.481 e. The van der Waals surface area contributed by atoms with Crippen molar-refractivity contribution in [3.63, 3.8) is 0 Å². The number of nitrogens with two attached hydrogens (primary N) is 1. The highest BCUT2D eigenvalue weighted by Gasteiger charge is 2.32. The molecular weight excluding hydrogens is 268 g/mol. The summed E-state index contributed by atoms with van der Waals surface area (Å²) in [5, 5.41) is 12.0. The van der Waals surface area contributed by atoms with E-state index >= 15 is 0 Å². The molecule has 0 spiro atoms. The SMILES string of the molecule is Nc1cccc(CCC(=O)NCC2CCCC2C(=O)O)c1. The van der Waals surface area contributed by atoms with Gasteiger partial charge in [-0.2, -0.15) is 0 Å². The molecule has 1 aliphatic rings. The van der Waals surface area contributed by atoms with Gasteiger partial charge in [-0.3, -0.25) is 9.59 Å². The molecule has 2 unspecified atom stereocenters. The maximum absolute atomic E-state index is 11.8. The molecule has 1 amide bonds. The lowest BCUT2D eigenvalue weighted by Crippen LogP contribution is -2.33. The number of carbonyl (C=O) groups is 2. The minimum atomic E-state index is -0.744. The Kier molecular flexibility index (Phi) is 5.20. The highest BCUT2D eigenvalue weighted by molar-refractivity contribution is 5.76. The van der Waals surface area contributed by atoms with E-state index in [2.05, 4.69) is 5.32 Å². The van der Waals surface area contributed by atoms with E-state index in [1.807, 2.05) is 24.3 Å². The van der Waals surface area contributed by atoms with Crippen LogP contribution < -0.4 is 11.1 Å². The maximum atomic E-state index is 11.8. The molecule has 0 aliphatic heterocycles. The molecule has 21 heavy (non-hydrogen) atoms. The fraction of sp³-hybridized carbons (Fsp3) is 0.500. The van der Waals surface area contributed by atoms with Crippen LogP contribution in [-0.2, 0) is 16.0 Å². The highest BCUT2D eigenvalue weighted by atomic mass is 16.4. The number of carboxylic acid groups (broad SMARTS) is 1. The molecule has 1 aromatic rings. The van der Waals surface area contributed by atoms with Crippen LogP contribution in [0.5, 0.6) is 0 Å². The number of amides is 1. The smallest absolute Gasteiger partial charge is 0.306 e. The van der Waals surface area contributed by atoms with E-state index in [0.29, 0.717) is 25.1 Å². The summed E-state index contributed by atoms with van der Waals surface area (Å²) in [4.78, 5) is 22.9. The summed E-state index contributed by atoms with van der Waals surface area (Å²) in [5.41, 5.74) is 7.43. The first-order chi connectivity index (χ1) is 10.1. The second-order valence-electron chi connectivity index (χ2n) is 5.68. The third-order valence-corrected chi connectivity index (χ3v) is 4.13. The van der Waals surface area contributed by atoms with Crippen LogP contribution in [0.1, 0.15) is 31.2 Å². The molecule has 114 valence electrons. The molecule has 0 bridgehead atoms. The number of aryl methyl sites for hydroxylation is 1. The summed E-state index contributed by atoms with van der Waals surface area (Å²) < 4.78 is 0. The van der Waals surface area contributed by atoms with Crippen LogP contribution in [0, 0.1) is 11.8 Å². The van der Waals surface area contributed by atoms with E-state index in [9.17, 15) is 9.59 Å². The van der Waals surface area contributed by atoms with Crippen molar-refractivity contribution in [2.24, 2.45) is 11.8 Å². The molecule has 1 saturated carbocycles. The van der Waals surface area contributed by atoms with Crippen molar-refractivity contribution in [2.45, 2.75) is 32.1 Å². The van der Waals surface area contributed by atoms with Crippen molar-refractivity contribution >= 4 is 17.6 Å². The zero-order valence-corrected chi connectivity index (χ0v) is 12.0. The van der Waals surface area contributed by atoms with Gasteiger partial charge in [-0.05, 0) is 42.9 Å². The predicted octanol–water partition coefficient (Wildman–Crippen LogP) is 1.82. The lowest BCUT2D eigenvalue weighted by molar-refractivity contribution is -0.143. The Hall–Kier alpha value is -2.04. The zero-order valence-electron chi connectivity index (χ0n) is 12.0. The van der Waals surface area contributed by atoms with Crippen molar-refractivity contribution in [3.8, 4) is 0 Å². The molecule has 2 atom stereocenters. The lowest BCUT2D eigenvalue weighted by atomic mass is 9.96. The summed E-state index contributed by atoms with van der Waals surface area (Å²) in [7, 11) is 0. The third-order valence-electron chi connectivity index (χ3n) is 4.13. The Balaban J connectivity index is 1.74. The summed E-state index contributed by atoms with van der Waals surface area (Å²) in [5.74, 6) is -1.02. The fourth-order valence-corrected chi connectivity index (χ4v) is 2.95. The Morgan fingerprint density at radius 2 is 2.14 bits per heavy atom. The molecule has 0 heterocycles. The monoisotopic (exact) mass is 290 g/mol. The molecule has 2 rings (SSSR count). The number of anilines is 1. The number of hydrogen-bond donors (Lipinski definition) is 3. The van der Waals surface area contributed by atoms with E-state index in [1.54, 1.807) is 0 Å². The zero-order chi connectivity index (χ0) is 15.2. The predicted molar refractivity (Wildman–Crippen MR) is 80.7 cm³/mol. The van der Waals surface area contributed by atoms with E-state index in [0.717, 1.165) is 24.8 Å². The Bertz CT molecular complexity index is 516. The minimum Gasteiger partial charge on any atom is -0.481 e. The number of benzene rings is 1. The minimum absolute atomic E-state index is 0.0338. The molecule has 0 aromatic heterocycles. The van der Waals surface area contributed by atoms with Gasteiger partial charge in [0, 0.05) is 18.7 Å². The van der Waals surface area contributed by atoms with Crippen LogP contribution in [0.3, 0.4) is 0 Å². The topological polar surface area (TPSA) is 92.4 Å². The molecule has 5 heteroatoms. The van der Waals surface area contributed by atoms with Gasteiger partial charge in [-0.15, -0.1) is 0 Å². The molecule has 0 radical (unpaired) electrons. The lowest BCUT2D eigenvalue weighted by Gasteiger charge is -2.16. The highest BCUT2D eigenvalue weighted by Crippen LogP contribution is 2.31. The second kappa shape index (κ2) is 7.11.